The number of sulfonamides is 1. The Balaban J connectivity index is 1.61. The molecule has 1 aliphatic rings. The maximum Gasteiger partial charge on any atom is 0.414 e. The number of anilines is 2. The van der Waals surface area contributed by atoms with E-state index in [0.29, 0.717) is 30.2 Å². The second kappa shape index (κ2) is 6.68. The molecule has 1 aromatic heterocycles. The van der Waals surface area contributed by atoms with Crippen LogP contribution in [0.4, 0.5) is 16.2 Å². The number of amides is 1. The van der Waals surface area contributed by atoms with Gasteiger partial charge in [0.2, 0.25) is 0 Å². The van der Waals surface area contributed by atoms with Crippen LogP contribution in [0.25, 0.3) is 5.69 Å². The van der Waals surface area contributed by atoms with Crippen LogP contribution < -0.4 is 9.62 Å². The average Bonchev–Trinajstić information content (AvgIpc) is 3.33. The molecule has 1 fully saturated rings. The first-order valence-electron chi connectivity index (χ1n) is 7.93. The number of cyclic esters (lactones) is 1. The van der Waals surface area contributed by atoms with Gasteiger partial charge < -0.3 is 4.74 Å². The summed E-state index contributed by atoms with van der Waals surface area (Å²) in [5.74, 6) is 0. The predicted octanol–water partition coefficient (Wildman–Crippen LogP) is 1.42. The predicted molar refractivity (Wildman–Crippen MR) is 95.1 cm³/mol. The molecule has 0 spiro atoms. The van der Waals surface area contributed by atoms with Gasteiger partial charge in [-0.05, 0) is 46.8 Å². The van der Waals surface area contributed by atoms with Crippen molar-refractivity contribution < 1.29 is 17.9 Å². The fraction of sp³-hybridized carbons (Fsp3) is 0.125. The summed E-state index contributed by atoms with van der Waals surface area (Å²) in [4.78, 5) is 13.2. The van der Waals surface area contributed by atoms with Crippen molar-refractivity contribution in [2.75, 3.05) is 22.8 Å². The Hall–Kier alpha value is -3.47. The molecule has 0 bridgehead atoms. The van der Waals surface area contributed by atoms with Crippen LogP contribution in [0.1, 0.15) is 0 Å². The molecule has 2 aromatic carbocycles. The van der Waals surface area contributed by atoms with Gasteiger partial charge in [0.25, 0.3) is 10.0 Å². The first-order valence-corrected chi connectivity index (χ1v) is 9.42. The number of tetrazole rings is 1. The van der Waals surface area contributed by atoms with Crippen LogP contribution in [-0.2, 0) is 14.8 Å². The third-order valence-electron chi connectivity index (χ3n) is 3.91. The zero-order chi connectivity index (χ0) is 18.9. The number of aromatic nitrogens is 4. The Kier molecular flexibility index (Phi) is 4.20. The fourth-order valence-corrected chi connectivity index (χ4v) is 3.74. The molecule has 3 aromatic rings. The van der Waals surface area contributed by atoms with Crippen LogP contribution >= 0.6 is 0 Å². The van der Waals surface area contributed by atoms with Gasteiger partial charge in [-0.3, -0.25) is 9.62 Å². The molecule has 0 aliphatic carbocycles. The molecule has 2 heterocycles. The fourth-order valence-electron chi connectivity index (χ4n) is 2.65. The summed E-state index contributed by atoms with van der Waals surface area (Å²) in [6.45, 7) is 0.724. The number of carbonyl (C=O) groups excluding carboxylic acids is 1. The van der Waals surface area contributed by atoms with Crippen LogP contribution in [0, 0.1) is 0 Å². The smallest absolute Gasteiger partial charge is 0.414 e. The third-order valence-corrected chi connectivity index (χ3v) is 5.29. The lowest BCUT2D eigenvalue weighted by Crippen LogP contribution is -2.23. The van der Waals surface area contributed by atoms with E-state index in [1.54, 1.807) is 36.4 Å². The van der Waals surface area contributed by atoms with Crippen molar-refractivity contribution in [1.29, 1.82) is 0 Å². The molecule has 1 amide bonds. The minimum atomic E-state index is -3.85. The van der Waals surface area contributed by atoms with Crippen molar-refractivity contribution in [3.63, 3.8) is 0 Å². The zero-order valence-corrected chi connectivity index (χ0v) is 14.7. The number of hydrogen-bond donors (Lipinski definition) is 1. The topological polar surface area (TPSA) is 119 Å². The molecule has 1 aliphatic heterocycles. The third kappa shape index (κ3) is 3.44. The Morgan fingerprint density at radius 1 is 1.07 bits per heavy atom. The number of rotatable bonds is 5. The average molecular weight is 386 g/mol. The minimum Gasteiger partial charge on any atom is -0.447 e. The Labute approximate surface area is 154 Å². The molecule has 0 radical (unpaired) electrons. The van der Waals surface area contributed by atoms with Crippen molar-refractivity contribution in [1.82, 2.24) is 20.2 Å². The van der Waals surface area contributed by atoms with Crippen LogP contribution in [0.2, 0.25) is 0 Å². The Morgan fingerprint density at radius 2 is 1.89 bits per heavy atom. The lowest BCUT2D eigenvalue weighted by molar-refractivity contribution is 0.181. The van der Waals surface area contributed by atoms with Gasteiger partial charge in [-0.1, -0.05) is 12.1 Å². The van der Waals surface area contributed by atoms with E-state index in [2.05, 4.69) is 20.2 Å². The highest BCUT2D eigenvalue weighted by Gasteiger charge is 2.24. The molecule has 1 N–H and O–H groups in total. The van der Waals surface area contributed by atoms with Crippen LogP contribution in [0.15, 0.2) is 59.8 Å². The number of nitrogens with one attached hydrogen (secondary N) is 1. The van der Waals surface area contributed by atoms with E-state index >= 15 is 0 Å². The number of ether oxygens (including phenoxy) is 1. The second-order valence-corrected chi connectivity index (χ2v) is 7.36. The summed E-state index contributed by atoms with van der Waals surface area (Å²) in [5.41, 5.74) is 1.40. The van der Waals surface area contributed by atoms with Gasteiger partial charge >= 0.3 is 6.09 Å². The van der Waals surface area contributed by atoms with Crippen LogP contribution in [-0.4, -0.2) is 47.9 Å². The van der Waals surface area contributed by atoms with E-state index in [9.17, 15) is 13.2 Å². The normalized spacial score (nSPS) is 14.2. The van der Waals surface area contributed by atoms with E-state index in [0.717, 1.165) is 0 Å². The van der Waals surface area contributed by atoms with Crippen LogP contribution in [0.5, 0.6) is 0 Å². The Bertz CT molecular complexity index is 1080. The molecular formula is C16H14N6O4S. The van der Waals surface area contributed by atoms with Crippen molar-refractivity contribution in [3.8, 4) is 5.69 Å². The second-order valence-electron chi connectivity index (χ2n) is 5.67. The van der Waals surface area contributed by atoms with E-state index in [4.69, 9.17) is 4.74 Å². The van der Waals surface area contributed by atoms with Gasteiger partial charge in [0.05, 0.1) is 22.8 Å². The van der Waals surface area contributed by atoms with Crippen molar-refractivity contribution >= 4 is 27.5 Å². The molecule has 4 rings (SSSR count). The molecular weight excluding hydrogens is 372 g/mol. The molecule has 11 heteroatoms. The van der Waals surface area contributed by atoms with Gasteiger partial charge in [-0.25, -0.2) is 17.9 Å². The summed E-state index contributed by atoms with van der Waals surface area (Å²) in [6, 6.07) is 12.8. The van der Waals surface area contributed by atoms with Gasteiger partial charge in [0.1, 0.15) is 12.9 Å². The van der Waals surface area contributed by atoms with Crippen molar-refractivity contribution in [2.45, 2.75) is 4.90 Å². The summed E-state index contributed by atoms with van der Waals surface area (Å²) in [6.07, 6.45) is 0.918. The van der Waals surface area contributed by atoms with E-state index in [1.807, 2.05) is 0 Å². The summed E-state index contributed by atoms with van der Waals surface area (Å²) in [7, 11) is -3.85. The highest BCUT2D eigenvalue weighted by atomic mass is 32.2. The molecule has 10 nitrogen and oxygen atoms in total. The van der Waals surface area contributed by atoms with Crippen molar-refractivity contribution in [2.24, 2.45) is 0 Å². The number of hydrogen-bond acceptors (Lipinski definition) is 7. The first-order chi connectivity index (χ1) is 13.0. The first kappa shape index (κ1) is 17.0. The minimum absolute atomic E-state index is 0.0569. The van der Waals surface area contributed by atoms with Gasteiger partial charge in [0.15, 0.2) is 0 Å². The molecule has 1 saturated heterocycles. The number of benzene rings is 2. The standard InChI is InChI=1S/C16H14N6O4S/c23-16-21(7-8-26-16)13-4-1-3-12(9-13)18-27(24,25)15-6-2-5-14(10-15)22-11-17-19-20-22/h1-6,9-11,18H,7-8H2. The maximum absolute atomic E-state index is 12.7. The quantitative estimate of drug-likeness (QED) is 0.704. The molecule has 27 heavy (non-hydrogen) atoms. The largest absolute Gasteiger partial charge is 0.447 e. The Morgan fingerprint density at radius 3 is 2.63 bits per heavy atom. The highest BCUT2D eigenvalue weighted by Crippen LogP contribution is 2.24. The van der Waals surface area contributed by atoms with Crippen LogP contribution in [0.3, 0.4) is 0 Å². The monoisotopic (exact) mass is 386 g/mol. The summed E-state index contributed by atoms with van der Waals surface area (Å²) in [5, 5.41) is 10.8. The molecule has 0 unspecified atom stereocenters. The molecule has 0 saturated carbocycles. The van der Waals surface area contributed by atoms with Gasteiger partial charge in [0, 0.05) is 5.69 Å². The molecule has 138 valence electrons. The van der Waals surface area contributed by atoms with Gasteiger partial charge in [-0.2, -0.15) is 0 Å². The SMILES string of the molecule is O=C1OCCN1c1cccc(NS(=O)(=O)c2cccc(-n3cnnn3)c2)c1. The zero-order valence-electron chi connectivity index (χ0n) is 13.9. The summed E-state index contributed by atoms with van der Waals surface area (Å²) < 4.78 is 34.3. The maximum atomic E-state index is 12.7. The van der Waals surface area contributed by atoms with Gasteiger partial charge in [-0.15, -0.1) is 5.10 Å². The molecule has 0 atom stereocenters. The summed E-state index contributed by atoms with van der Waals surface area (Å²) >= 11 is 0. The number of nitrogens with zero attached hydrogens (tertiary/aromatic N) is 5. The number of carbonyl (C=O) groups is 1. The van der Waals surface area contributed by atoms with E-state index in [-0.39, 0.29) is 4.90 Å². The lowest BCUT2D eigenvalue weighted by atomic mass is 10.2. The lowest BCUT2D eigenvalue weighted by Gasteiger charge is -2.15. The van der Waals surface area contributed by atoms with Crippen molar-refractivity contribution in [3.05, 3.63) is 54.9 Å². The highest BCUT2D eigenvalue weighted by molar-refractivity contribution is 7.92. The van der Waals surface area contributed by atoms with E-state index < -0.39 is 16.1 Å². The van der Waals surface area contributed by atoms with E-state index in [1.165, 1.54) is 28.0 Å².